The minimum atomic E-state index is -1.21. The third-order valence-corrected chi connectivity index (χ3v) is 9.81. The number of hydrogen-bond donors (Lipinski definition) is 0. The van der Waals surface area contributed by atoms with Gasteiger partial charge in [0, 0.05) is 35.8 Å². The number of Topliss-reactive ketones (excluding diaryl/α,β-unsaturated/α-hetero) is 2. The molecule has 0 amide bonds. The normalized spacial score (nSPS) is 21.1. The van der Waals surface area contributed by atoms with Gasteiger partial charge < -0.3 is 13.9 Å². The Hall–Kier alpha value is -1.68. The Morgan fingerprint density at radius 1 is 1.05 bits per heavy atom. The highest BCUT2D eigenvalue weighted by Crippen LogP contribution is 2.48. The molecular weight excluding hydrogens is 497 g/mol. The van der Waals surface area contributed by atoms with Crippen LogP contribution in [0.25, 0.3) is 4.85 Å². The van der Waals surface area contributed by atoms with Gasteiger partial charge in [-0.15, -0.1) is 0 Å². The highest BCUT2D eigenvalue weighted by atomic mass is 31.2. The van der Waals surface area contributed by atoms with Crippen molar-refractivity contribution in [3.05, 3.63) is 46.8 Å². The Morgan fingerprint density at radius 2 is 1.68 bits per heavy atom. The van der Waals surface area contributed by atoms with Crippen molar-refractivity contribution in [2.75, 3.05) is 26.2 Å². The first kappa shape index (κ1) is 30.9. The maximum atomic E-state index is 12.6. The summed E-state index contributed by atoms with van der Waals surface area (Å²) < 4.78 is 15.0. The van der Waals surface area contributed by atoms with Crippen molar-refractivity contribution >= 4 is 20.1 Å². The van der Waals surface area contributed by atoms with Crippen LogP contribution in [0.3, 0.4) is 0 Å². The van der Waals surface area contributed by atoms with Crippen LogP contribution in [0.2, 0.25) is 0 Å². The van der Waals surface area contributed by atoms with E-state index in [9.17, 15) is 9.59 Å². The molecule has 38 heavy (non-hydrogen) atoms. The summed E-state index contributed by atoms with van der Waals surface area (Å²) in [4.78, 5) is 31.2. The first-order valence-electron chi connectivity index (χ1n) is 14.4. The van der Waals surface area contributed by atoms with E-state index in [1.165, 1.54) is 0 Å². The molecule has 1 heterocycles. The Kier molecular flexibility index (Phi) is 12.3. The highest BCUT2D eigenvalue weighted by molar-refractivity contribution is 7.44. The lowest BCUT2D eigenvalue weighted by atomic mass is 9.96. The zero-order chi connectivity index (χ0) is 27.7. The summed E-state index contributed by atoms with van der Waals surface area (Å²) in [5, 5.41) is 0. The van der Waals surface area contributed by atoms with E-state index >= 15 is 0 Å². The lowest BCUT2D eigenvalue weighted by Gasteiger charge is -2.36. The SMILES string of the molecule is [C-]#[N+]CCOP(O[C@@H]1C[C@@H](CC)N(CCCCCCC2C(=O)c3ccccc3C2=O)C1)N(C(C)C)C(C)C. The van der Waals surface area contributed by atoms with Gasteiger partial charge in [0.15, 0.2) is 11.6 Å². The van der Waals surface area contributed by atoms with Gasteiger partial charge in [-0.25, -0.2) is 11.2 Å². The van der Waals surface area contributed by atoms with Gasteiger partial charge in [-0.2, -0.15) is 0 Å². The summed E-state index contributed by atoms with van der Waals surface area (Å²) in [5.74, 6) is -0.464. The Bertz CT molecular complexity index is 920. The van der Waals surface area contributed by atoms with Crippen molar-refractivity contribution in [1.29, 1.82) is 0 Å². The van der Waals surface area contributed by atoms with Gasteiger partial charge in [0.05, 0.1) is 12.0 Å². The van der Waals surface area contributed by atoms with E-state index in [-0.39, 0.29) is 17.7 Å². The van der Waals surface area contributed by atoms with Crippen LogP contribution in [0.15, 0.2) is 24.3 Å². The van der Waals surface area contributed by atoms with E-state index in [2.05, 4.69) is 49.0 Å². The van der Waals surface area contributed by atoms with Gasteiger partial charge in [0.25, 0.3) is 8.53 Å². The average molecular weight is 544 g/mol. The van der Waals surface area contributed by atoms with Crippen LogP contribution in [0, 0.1) is 12.5 Å². The van der Waals surface area contributed by atoms with E-state index < -0.39 is 14.4 Å². The second kappa shape index (κ2) is 15.2. The van der Waals surface area contributed by atoms with Gasteiger partial charge in [-0.05, 0) is 59.9 Å². The molecule has 0 spiro atoms. The number of benzene rings is 1. The predicted molar refractivity (Wildman–Crippen MR) is 153 cm³/mol. The van der Waals surface area contributed by atoms with Crippen LogP contribution in [-0.2, 0) is 9.05 Å². The lowest BCUT2D eigenvalue weighted by molar-refractivity contribution is 0.0828. The van der Waals surface area contributed by atoms with Gasteiger partial charge in [0.1, 0.15) is 6.61 Å². The molecule has 1 aliphatic heterocycles. The standard InChI is InChI=1S/C30H46N3O4P/c1-7-24-20-25(37-38(36-19-17-31-6)33(22(2)3)23(4)5)21-32(24)18-13-9-8-10-16-28-29(34)26-14-11-12-15-27(26)30(28)35/h11-12,14-15,22-25,28H,7-10,13,16-21H2,1-5H3/t24-,25-,38?/m1/s1. The van der Waals surface area contributed by atoms with Crippen molar-refractivity contribution < 1.29 is 18.6 Å². The molecule has 2 aliphatic rings. The largest absolute Gasteiger partial charge is 0.317 e. The lowest BCUT2D eigenvalue weighted by Crippen LogP contribution is -2.35. The monoisotopic (exact) mass is 543 g/mol. The molecule has 210 valence electrons. The third-order valence-electron chi connectivity index (χ3n) is 7.63. The number of carbonyl (C=O) groups is 2. The summed E-state index contributed by atoms with van der Waals surface area (Å²) in [6.45, 7) is 20.7. The molecule has 0 bridgehead atoms. The van der Waals surface area contributed by atoms with Crippen LogP contribution < -0.4 is 0 Å². The minimum Gasteiger partial charge on any atom is -0.317 e. The van der Waals surface area contributed by atoms with E-state index in [4.69, 9.17) is 15.6 Å². The molecule has 1 fully saturated rings. The van der Waals surface area contributed by atoms with E-state index in [1.807, 2.05) is 12.1 Å². The molecule has 1 aliphatic carbocycles. The summed E-state index contributed by atoms with van der Waals surface area (Å²) >= 11 is 0. The number of carbonyl (C=O) groups excluding carboxylic acids is 2. The van der Waals surface area contributed by atoms with Crippen LogP contribution >= 0.6 is 8.53 Å². The van der Waals surface area contributed by atoms with Crippen LogP contribution in [0.1, 0.15) is 100 Å². The summed E-state index contributed by atoms with van der Waals surface area (Å²) in [7, 11) is -1.21. The fraction of sp³-hybridized carbons (Fsp3) is 0.700. The summed E-state index contributed by atoms with van der Waals surface area (Å²) in [5.41, 5.74) is 1.20. The molecule has 1 aromatic rings. The Balaban J connectivity index is 1.43. The zero-order valence-electron chi connectivity index (χ0n) is 23.9. The van der Waals surface area contributed by atoms with E-state index in [0.29, 0.717) is 48.8 Å². The first-order chi connectivity index (χ1) is 18.3. The molecule has 0 radical (unpaired) electrons. The van der Waals surface area contributed by atoms with Gasteiger partial charge >= 0.3 is 0 Å². The maximum absolute atomic E-state index is 12.6. The third kappa shape index (κ3) is 7.93. The van der Waals surface area contributed by atoms with Gasteiger partial charge in [-0.1, -0.05) is 50.5 Å². The van der Waals surface area contributed by atoms with Crippen LogP contribution in [0.5, 0.6) is 0 Å². The van der Waals surface area contributed by atoms with Crippen molar-refractivity contribution in [2.45, 2.75) is 104 Å². The van der Waals surface area contributed by atoms with Crippen molar-refractivity contribution in [3.8, 4) is 0 Å². The summed E-state index contributed by atoms with van der Waals surface area (Å²) in [6.07, 6.45) is 7.06. The molecule has 3 atom stereocenters. The molecule has 0 N–H and O–H groups in total. The number of hydrogen-bond acceptors (Lipinski definition) is 6. The van der Waals surface area contributed by atoms with E-state index in [1.54, 1.807) is 12.1 Å². The number of unbranched alkanes of at least 4 members (excludes halogenated alkanes) is 3. The Morgan fingerprint density at radius 3 is 2.26 bits per heavy atom. The summed E-state index contributed by atoms with van der Waals surface area (Å²) in [6, 6.07) is 8.34. The zero-order valence-corrected chi connectivity index (χ0v) is 24.8. The molecule has 1 aromatic carbocycles. The molecule has 3 rings (SSSR count). The molecule has 8 heteroatoms. The average Bonchev–Trinajstić information content (AvgIpc) is 3.38. The highest BCUT2D eigenvalue weighted by Gasteiger charge is 2.38. The van der Waals surface area contributed by atoms with Crippen LogP contribution in [-0.4, -0.2) is 71.6 Å². The number of rotatable bonds is 16. The number of fused-ring (bicyclic) bond motifs is 1. The molecule has 1 unspecified atom stereocenters. The second-order valence-corrected chi connectivity index (χ2v) is 12.5. The minimum absolute atomic E-state index is 0.00558. The maximum Gasteiger partial charge on any atom is 0.259 e. The fourth-order valence-electron chi connectivity index (χ4n) is 5.82. The Labute approximate surface area is 231 Å². The topological polar surface area (TPSA) is 63.4 Å². The molecule has 0 saturated carbocycles. The van der Waals surface area contributed by atoms with E-state index in [0.717, 1.165) is 51.6 Å². The molecule has 1 saturated heterocycles. The number of nitrogens with zero attached hydrogens (tertiary/aromatic N) is 3. The predicted octanol–water partition coefficient (Wildman–Crippen LogP) is 6.78. The first-order valence-corrected chi connectivity index (χ1v) is 15.5. The molecule has 0 aromatic heterocycles. The smallest absolute Gasteiger partial charge is 0.259 e. The van der Waals surface area contributed by atoms with Gasteiger partial charge in [-0.3, -0.25) is 14.5 Å². The fourth-order valence-corrected chi connectivity index (χ4v) is 7.52. The quantitative estimate of drug-likeness (QED) is 0.0991. The second-order valence-electron chi connectivity index (χ2n) is 11.1. The molecular formula is C30H46N3O4P. The van der Waals surface area contributed by atoms with Crippen molar-refractivity contribution in [3.63, 3.8) is 0 Å². The van der Waals surface area contributed by atoms with Crippen molar-refractivity contribution in [1.82, 2.24) is 9.57 Å². The molecule has 7 nitrogen and oxygen atoms in total. The number of likely N-dealkylation sites (tertiary alicyclic amines) is 1. The van der Waals surface area contributed by atoms with Crippen molar-refractivity contribution in [2.24, 2.45) is 5.92 Å². The van der Waals surface area contributed by atoms with Crippen LogP contribution in [0.4, 0.5) is 0 Å². The van der Waals surface area contributed by atoms with Gasteiger partial charge in [0.2, 0.25) is 6.54 Å². The number of ketones is 2.